The second-order valence-electron chi connectivity index (χ2n) is 5.34. The van der Waals surface area contributed by atoms with Crippen molar-refractivity contribution < 1.29 is 9.53 Å². The molecule has 0 N–H and O–H groups in total. The molecular formula is C20H18O2. The molecule has 0 bridgehead atoms. The molecule has 3 rings (SSSR count). The van der Waals surface area contributed by atoms with E-state index in [0.717, 1.165) is 28.5 Å². The fourth-order valence-electron chi connectivity index (χ4n) is 2.57. The molecule has 0 amide bonds. The molecule has 0 aliphatic rings. The van der Waals surface area contributed by atoms with Crippen molar-refractivity contribution in [3.8, 4) is 5.75 Å². The second kappa shape index (κ2) is 6.44. The van der Waals surface area contributed by atoms with Gasteiger partial charge in [-0.05, 0) is 41.0 Å². The Morgan fingerprint density at radius 1 is 0.909 bits per heavy atom. The summed E-state index contributed by atoms with van der Waals surface area (Å²) in [6, 6.07) is 21.8. The third-order valence-corrected chi connectivity index (χ3v) is 3.85. The molecule has 3 aromatic rings. The van der Waals surface area contributed by atoms with Gasteiger partial charge in [-0.2, -0.15) is 0 Å². The zero-order valence-corrected chi connectivity index (χ0v) is 12.6. The van der Waals surface area contributed by atoms with Gasteiger partial charge >= 0.3 is 0 Å². The third kappa shape index (κ3) is 3.17. The molecule has 2 nitrogen and oxygen atoms in total. The van der Waals surface area contributed by atoms with E-state index in [-0.39, 0.29) is 5.78 Å². The minimum absolute atomic E-state index is 0.182. The van der Waals surface area contributed by atoms with Crippen molar-refractivity contribution in [2.75, 3.05) is 7.11 Å². The first-order chi connectivity index (χ1) is 10.8. The number of carbonyl (C=O) groups excluding carboxylic acids is 1. The van der Waals surface area contributed by atoms with Gasteiger partial charge < -0.3 is 4.74 Å². The minimum Gasteiger partial charge on any atom is -0.497 e. The van der Waals surface area contributed by atoms with Crippen LogP contribution in [0.1, 0.15) is 22.3 Å². The van der Waals surface area contributed by atoms with Gasteiger partial charge in [-0.25, -0.2) is 0 Å². The summed E-state index contributed by atoms with van der Waals surface area (Å²) < 4.78 is 5.22. The molecule has 0 saturated heterocycles. The molecular weight excluding hydrogens is 272 g/mol. The molecule has 0 aromatic heterocycles. The van der Waals surface area contributed by atoms with E-state index in [9.17, 15) is 4.79 Å². The molecule has 0 atom stereocenters. The summed E-state index contributed by atoms with van der Waals surface area (Å²) in [6.07, 6.45) is 1.31. The Bertz CT molecular complexity index is 791. The van der Waals surface area contributed by atoms with Crippen LogP contribution >= 0.6 is 0 Å². The largest absolute Gasteiger partial charge is 0.497 e. The Balaban J connectivity index is 1.76. The summed E-state index contributed by atoms with van der Waals surface area (Å²) >= 11 is 0. The topological polar surface area (TPSA) is 26.3 Å². The predicted molar refractivity (Wildman–Crippen MR) is 89.6 cm³/mol. The van der Waals surface area contributed by atoms with Gasteiger partial charge in [-0.3, -0.25) is 4.79 Å². The lowest BCUT2D eigenvalue weighted by Gasteiger charge is -2.06. The first-order valence-electron chi connectivity index (χ1n) is 7.41. The predicted octanol–water partition coefficient (Wildman–Crippen LogP) is 4.66. The molecule has 0 aliphatic carbocycles. The van der Waals surface area contributed by atoms with Crippen molar-refractivity contribution >= 4 is 16.6 Å². The zero-order chi connectivity index (χ0) is 15.4. The van der Waals surface area contributed by atoms with Crippen LogP contribution in [0.2, 0.25) is 0 Å². The van der Waals surface area contributed by atoms with Crippen molar-refractivity contribution in [1.82, 2.24) is 0 Å². The molecule has 22 heavy (non-hydrogen) atoms. The Kier molecular flexibility index (Phi) is 4.19. The maximum Gasteiger partial charge on any atom is 0.163 e. The Morgan fingerprint density at radius 2 is 1.64 bits per heavy atom. The molecule has 0 heterocycles. The number of ketones is 1. The number of fused-ring (bicyclic) bond motifs is 1. The van der Waals surface area contributed by atoms with Crippen LogP contribution in [0.25, 0.3) is 10.8 Å². The molecule has 0 unspecified atom stereocenters. The molecule has 110 valence electrons. The molecule has 0 radical (unpaired) electrons. The fourth-order valence-corrected chi connectivity index (χ4v) is 2.57. The number of carbonyl (C=O) groups is 1. The van der Waals surface area contributed by atoms with Crippen LogP contribution in [-0.4, -0.2) is 12.9 Å². The lowest BCUT2D eigenvalue weighted by Crippen LogP contribution is -2.01. The monoisotopic (exact) mass is 290 g/mol. The van der Waals surface area contributed by atoms with Crippen LogP contribution in [-0.2, 0) is 6.42 Å². The van der Waals surface area contributed by atoms with Crippen molar-refractivity contribution in [3.63, 3.8) is 0 Å². The average Bonchev–Trinajstić information content (AvgIpc) is 2.59. The average molecular weight is 290 g/mol. The molecule has 0 aliphatic heterocycles. The van der Waals surface area contributed by atoms with Gasteiger partial charge in [0.25, 0.3) is 0 Å². The maximum atomic E-state index is 12.4. The van der Waals surface area contributed by atoms with E-state index >= 15 is 0 Å². The van der Waals surface area contributed by atoms with E-state index in [0.29, 0.717) is 6.42 Å². The third-order valence-electron chi connectivity index (χ3n) is 3.85. The van der Waals surface area contributed by atoms with Crippen LogP contribution in [0.15, 0.2) is 66.7 Å². The Morgan fingerprint density at radius 3 is 2.41 bits per heavy atom. The van der Waals surface area contributed by atoms with E-state index in [2.05, 4.69) is 12.1 Å². The Labute approximate surface area is 130 Å². The number of Topliss-reactive ketones (excluding diaryl/α,β-unsaturated/α-hetero) is 1. The molecule has 0 spiro atoms. The SMILES string of the molecule is COc1ccc2cc(C(=O)CCc3ccccc3)ccc2c1. The Hall–Kier alpha value is -2.61. The molecule has 2 heteroatoms. The van der Waals surface area contributed by atoms with Gasteiger partial charge in [0.1, 0.15) is 5.75 Å². The van der Waals surface area contributed by atoms with E-state index < -0.39 is 0 Å². The van der Waals surface area contributed by atoms with Gasteiger partial charge in [0.2, 0.25) is 0 Å². The summed E-state index contributed by atoms with van der Waals surface area (Å²) in [7, 11) is 1.66. The number of rotatable bonds is 5. The number of methoxy groups -OCH3 is 1. The standard InChI is InChI=1S/C20H18O2/c1-22-19-11-10-16-13-18(9-8-17(16)14-19)20(21)12-7-15-5-3-2-4-6-15/h2-6,8-11,13-14H,7,12H2,1H3. The van der Waals surface area contributed by atoms with E-state index in [1.165, 1.54) is 5.56 Å². The fraction of sp³-hybridized carbons (Fsp3) is 0.150. The summed E-state index contributed by atoms with van der Waals surface area (Å²) in [4.78, 5) is 12.4. The van der Waals surface area contributed by atoms with E-state index in [4.69, 9.17) is 4.74 Å². The molecule has 3 aromatic carbocycles. The number of hydrogen-bond acceptors (Lipinski definition) is 2. The molecule has 0 fully saturated rings. The highest BCUT2D eigenvalue weighted by Crippen LogP contribution is 2.22. The number of ether oxygens (including phenoxy) is 1. The first kappa shape index (κ1) is 14.3. The lowest BCUT2D eigenvalue weighted by molar-refractivity contribution is 0.0983. The lowest BCUT2D eigenvalue weighted by atomic mass is 10.00. The van der Waals surface area contributed by atoms with Crippen LogP contribution in [0, 0.1) is 0 Å². The van der Waals surface area contributed by atoms with Crippen molar-refractivity contribution in [2.24, 2.45) is 0 Å². The zero-order valence-electron chi connectivity index (χ0n) is 12.6. The maximum absolute atomic E-state index is 12.4. The quantitative estimate of drug-likeness (QED) is 0.639. The van der Waals surface area contributed by atoms with Crippen molar-refractivity contribution in [1.29, 1.82) is 0 Å². The highest BCUT2D eigenvalue weighted by Gasteiger charge is 2.07. The van der Waals surface area contributed by atoms with Crippen LogP contribution in [0.5, 0.6) is 5.75 Å². The van der Waals surface area contributed by atoms with Gasteiger partial charge in [-0.1, -0.05) is 48.5 Å². The van der Waals surface area contributed by atoms with Crippen molar-refractivity contribution in [3.05, 3.63) is 77.9 Å². The summed E-state index contributed by atoms with van der Waals surface area (Å²) in [5.41, 5.74) is 1.97. The van der Waals surface area contributed by atoms with Crippen LogP contribution in [0.4, 0.5) is 0 Å². The smallest absolute Gasteiger partial charge is 0.163 e. The van der Waals surface area contributed by atoms with Gasteiger partial charge in [0.15, 0.2) is 5.78 Å². The van der Waals surface area contributed by atoms with Gasteiger partial charge in [-0.15, -0.1) is 0 Å². The summed E-state index contributed by atoms with van der Waals surface area (Å²) in [5.74, 6) is 1.01. The minimum atomic E-state index is 0.182. The van der Waals surface area contributed by atoms with Gasteiger partial charge in [0, 0.05) is 12.0 Å². The normalized spacial score (nSPS) is 10.6. The van der Waals surface area contributed by atoms with Crippen LogP contribution in [0.3, 0.4) is 0 Å². The summed E-state index contributed by atoms with van der Waals surface area (Å²) in [6.45, 7) is 0. The number of benzene rings is 3. The van der Waals surface area contributed by atoms with E-state index in [1.54, 1.807) is 7.11 Å². The highest BCUT2D eigenvalue weighted by molar-refractivity contribution is 6.00. The number of aryl methyl sites for hydroxylation is 1. The molecule has 0 saturated carbocycles. The highest BCUT2D eigenvalue weighted by atomic mass is 16.5. The summed E-state index contributed by atoms with van der Waals surface area (Å²) in [5, 5.41) is 2.14. The van der Waals surface area contributed by atoms with E-state index in [1.807, 2.05) is 54.6 Å². The van der Waals surface area contributed by atoms with Gasteiger partial charge in [0.05, 0.1) is 7.11 Å². The van der Waals surface area contributed by atoms with Crippen molar-refractivity contribution in [2.45, 2.75) is 12.8 Å². The second-order valence-corrected chi connectivity index (χ2v) is 5.34. The van der Waals surface area contributed by atoms with Crippen LogP contribution < -0.4 is 4.74 Å². The first-order valence-corrected chi connectivity index (χ1v) is 7.41. The number of hydrogen-bond donors (Lipinski definition) is 0.